The van der Waals surface area contributed by atoms with Crippen LogP contribution >= 0.6 is 0 Å². The molecule has 2 aromatic rings. The Bertz CT molecular complexity index is 724. The van der Waals surface area contributed by atoms with E-state index in [-0.39, 0.29) is 5.91 Å². The van der Waals surface area contributed by atoms with Gasteiger partial charge in [-0.1, -0.05) is 0 Å². The number of aromatic nitrogens is 4. The van der Waals surface area contributed by atoms with Crippen molar-refractivity contribution in [2.45, 2.75) is 33.9 Å². The maximum atomic E-state index is 12.5. The summed E-state index contributed by atoms with van der Waals surface area (Å²) < 4.78 is 3.65. The average Bonchev–Trinajstić information content (AvgIpc) is 3.01. The maximum Gasteiger partial charge on any atom is 0.244 e. The predicted octanol–water partition coefficient (Wildman–Crippen LogP) is 0.886. The largest absolute Gasteiger partial charge is 0.339 e. The lowest BCUT2D eigenvalue weighted by molar-refractivity contribution is -0.133. The van der Waals surface area contributed by atoms with Gasteiger partial charge in [-0.25, -0.2) is 0 Å². The van der Waals surface area contributed by atoms with Crippen molar-refractivity contribution in [3.05, 3.63) is 34.9 Å². The first-order chi connectivity index (χ1) is 11.4. The van der Waals surface area contributed by atoms with E-state index in [1.54, 1.807) is 4.68 Å². The van der Waals surface area contributed by atoms with E-state index in [0.717, 1.165) is 49.8 Å². The quantitative estimate of drug-likeness (QED) is 0.835. The summed E-state index contributed by atoms with van der Waals surface area (Å²) in [5, 5.41) is 8.77. The third-order valence-electron chi connectivity index (χ3n) is 4.62. The second-order valence-corrected chi connectivity index (χ2v) is 6.66. The minimum atomic E-state index is 0.151. The standard InChI is InChI=1S/C17H26N6O/c1-13-9-14(2)23(18-13)12-17(24)22-7-5-21(6-8-22)11-16-10-20(4)19-15(16)3/h9-10H,5-8,11-12H2,1-4H3. The van der Waals surface area contributed by atoms with Crippen LogP contribution in [0.25, 0.3) is 0 Å². The fourth-order valence-electron chi connectivity index (χ4n) is 3.26. The van der Waals surface area contributed by atoms with Crippen LogP contribution in [0.4, 0.5) is 0 Å². The maximum absolute atomic E-state index is 12.5. The molecule has 3 heterocycles. The van der Waals surface area contributed by atoms with E-state index in [2.05, 4.69) is 21.3 Å². The predicted molar refractivity (Wildman–Crippen MR) is 91.5 cm³/mol. The summed E-state index contributed by atoms with van der Waals surface area (Å²) in [4.78, 5) is 16.8. The summed E-state index contributed by atoms with van der Waals surface area (Å²) in [5.41, 5.74) is 4.34. The molecule has 7 nitrogen and oxygen atoms in total. The Labute approximate surface area is 142 Å². The molecule has 0 N–H and O–H groups in total. The SMILES string of the molecule is Cc1cc(C)n(CC(=O)N2CCN(Cc3cn(C)nc3C)CC2)n1. The highest BCUT2D eigenvalue weighted by atomic mass is 16.2. The fourth-order valence-corrected chi connectivity index (χ4v) is 3.26. The number of hydrogen-bond donors (Lipinski definition) is 0. The Hall–Kier alpha value is -2.15. The Balaban J connectivity index is 1.52. The lowest BCUT2D eigenvalue weighted by Crippen LogP contribution is -2.49. The van der Waals surface area contributed by atoms with Crippen LogP contribution in [0.5, 0.6) is 0 Å². The molecule has 0 unspecified atom stereocenters. The monoisotopic (exact) mass is 330 g/mol. The molecule has 1 saturated heterocycles. The molecule has 3 rings (SSSR count). The van der Waals surface area contributed by atoms with Gasteiger partial charge in [0, 0.05) is 57.2 Å². The Kier molecular flexibility index (Phi) is 4.71. The van der Waals surface area contributed by atoms with Gasteiger partial charge in [-0.05, 0) is 26.8 Å². The smallest absolute Gasteiger partial charge is 0.244 e. The van der Waals surface area contributed by atoms with Crippen molar-refractivity contribution in [3.8, 4) is 0 Å². The van der Waals surface area contributed by atoms with Gasteiger partial charge in [-0.3, -0.25) is 19.1 Å². The molecule has 0 aliphatic carbocycles. The molecular formula is C17H26N6O. The van der Waals surface area contributed by atoms with Crippen LogP contribution in [0.3, 0.4) is 0 Å². The van der Waals surface area contributed by atoms with Crippen LogP contribution in [0.2, 0.25) is 0 Å². The molecule has 0 radical (unpaired) electrons. The Morgan fingerprint density at radius 1 is 1.12 bits per heavy atom. The number of aryl methyl sites for hydroxylation is 4. The van der Waals surface area contributed by atoms with Gasteiger partial charge in [-0.2, -0.15) is 10.2 Å². The Morgan fingerprint density at radius 3 is 2.38 bits per heavy atom. The van der Waals surface area contributed by atoms with Crippen molar-refractivity contribution in [3.63, 3.8) is 0 Å². The van der Waals surface area contributed by atoms with E-state index in [0.29, 0.717) is 6.54 Å². The van der Waals surface area contributed by atoms with Crippen molar-refractivity contribution >= 4 is 5.91 Å². The molecule has 1 fully saturated rings. The van der Waals surface area contributed by atoms with Crippen molar-refractivity contribution < 1.29 is 4.79 Å². The zero-order valence-electron chi connectivity index (χ0n) is 15.0. The van der Waals surface area contributed by atoms with Gasteiger partial charge >= 0.3 is 0 Å². The van der Waals surface area contributed by atoms with Crippen molar-refractivity contribution in [1.29, 1.82) is 0 Å². The van der Waals surface area contributed by atoms with Crippen LogP contribution < -0.4 is 0 Å². The zero-order valence-corrected chi connectivity index (χ0v) is 15.0. The van der Waals surface area contributed by atoms with Crippen LogP contribution in [0.1, 0.15) is 22.6 Å². The van der Waals surface area contributed by atoms with Gasteiger partial charge in [0.15, 0.2) is 0 Å². The normalized spacial score (nSPS) is 15.9. The van der Waals surface area contributed by atoms with Gasteiger partial charge in [0.1, 0.15) is 6.54 Å². The summed E-state index contributed by atoms with van der Waals surface area (Å²) >= 11 is 0. The highest BCUT2D eigenvalue weighted by molar-refractivity contribution is 5.76. The first kappa shape index (κ1) is 16.7. The van der Waals surface area contributed by atoms with Crippen molar-refractivity contribution in [2.75, 3.05) is 26.2 Å². The van der Waals surface area contributed by atoms with Crippen LogP contribution in [0.15, 0.2) is 12.3 Å². The van der Waals surface area contributed by atoms with Crippen molar-refractivity contribution in [1.82, 2.24) is 29.4 Å². The molecular weight excluding hydrogens is 304 g/mol. The van der Waals surface area contributed by atoms with Gasteiger partial charge < -0.3 is 4.90 Å². The zero-order chi connectivity index (χ0) is 17.3. The summed E-state index contributed by atoms with van der Waals surface area (Å²) in [6.45, 7) is 10.6. The topological polar surface area (TPSA) is 59.2 Å². The molecule has 0 atom stereocenters. The number of hydrogen-bond acceptors (Lipinski definition) is 4. The molecule has 0 bridgehead atoms. The average molecular weight is 330 g/mol. The van der Waals surface area contributed by atoms with E-state index in [9.17, 15) is 4.79 Å². The molecule has 1 aliphatic heterocycles. The highest BCUT2D eigenvalue weighted by Gasteiger charge is 2.22. The Morgan fingerprint density at radius 2 is 1.83 bits per heavy atom. The molecule has 7 heteroatoms. The summed E-state index contributed by atoms with van der Waals surface area (Å²) in [7, 11) is 1.95. The van der Waals surface area contributed by atoms with Crippen LogP contribution in [-0.4, -0.2) is 61.4 Å². The highest BCUT2D eigenvalue weighted by Crippen LogP contribution is 2.12. The number of rotatable bonds is 4. The molecule has 1 aliphatic rings. The summed E-state index contributed by atoms with van der Waals surface area (Å²) in [6, 6.07) is 2.00. The molecule has 0 spiro atoms. The lowest BCUT2D eigenvalue weighted by Gasteiger charge is -2.34. The second kappa shape index (κ2) is 6.76. The molecule has 0 aromatic carbocycles. The minimum absolute atomic E-state index is 0.151. The third-order valence-corrected chi connectivity index (χ3v) is 4.62. The van der Waals surface area contributed by atoms with Crippen LogP contribution in [0, 0.1) is 20.8 Å². The third kappa shape index (κ3) is 3.67. The van der Waals surface area contributed by atoms with E-state index < -0.39 is 0 Å². The number of carbonyl (C=O) groups excluding carboxylic acids is 1. The fraction of sp³-hybridized carbons (Fsp3) is 0.588. The number of amides is 1. The number of piperazine rings is 1. The molecule has 1 amide bonds. The summed E-state index contributed by atoms with van der Waals surface area (Å²) in [5.74, 6) is 0.151. The van der Waals surface area contributed by atoms with Gasteiger partial charge in [-0.15, -0.1) is 0 Å². The molecule has 2 aromatic heterocycles. The van der Waals surface area contributed by atoms with E-state index in [4.69, 9.17) is 0 Å². The molecule has 0 saturated carbocycles. The minimum Gasteiger partial charge on any atom is -0.339 e. The van der Waals surface area contributed by atoms with E-state index >= 15 is 0 Å². The molecule has 24 heavy (non-hydrogen) atoms. The van der Waals surface area contributed by atoms with Crippen LogP contribution in [-0.2, 0) is 24.9 Å². The van der Waals surface area contributed by atoms with Crippen molar-refractivity contribution in [2.24, 2.45) is 7.05 Å². The summed E-state index contributed by atoms with van der Waals surface area (Å²) in [6.07, 6.45) is 2.08. The number of nitrogens with zero attached hydrogens (tertiary/aromatic N) is 6. The second-order valence-electron chi connectivity index (χ2n) is 6.66. The first-order valence-corrected chi connectivity index (χ1v) is 8.42. The van der Waals surface area contributed by atoms with E-state index in [1.165, 1.54) is 5.56 Å². The number of carbonyl (C=O) groups is 1. The van der Waals surface area contributed by atoms with Gasteiger partial charge in [0.05, 0.1) is 11.4 Å². The van der Waals surface area contributed by atoms with Gasteiger partial charge in [0.25, 0.3) is 0 Å². The molecule has 130 valence electrons. The van der Waals surface area contributed by atoms with E-state index in [1.807, 2.05) is 43.5 Å². The lowest BCUT2D eigenvalue weighted by atomic mass is 10.2. The van der Waals surface area contributed by atoms with Gasteiger partial charge in [0.2, 0.25) is 5.91 Å². The first-order valence-electron chi connectivity index (χ1n) is 8.42.